The molecule has 154 valence electrons. The van der Waals surface area contributed by atoms with Crippen LogP contribution in [-0.4, -0.2) is 62.0 Å². The quantitative estimate of drug-likeness (QED) is 0.777. The predicted molar refractivity (Wildman–Crippen MR) is 112 cm³/mol. The molecule has 1 aliphatic heterocycles. The van der Waals surface area contributed by atoms with E-state index in [-0.39, 0.29) is 11.8 Å². The predicted octanol–water partition coefficient (Wildman–Crippen LogP) is 3.43. The number of hydrogen-bond donors (Lipinski definition) is 0. The standard InChI is InChI=1S/C23H28N2O4/c1-16(2)17-8-10-18(11-9-17)22(26)24-12-14-25(15-13-24)23(27)21-19(28-3)6-5-7-20(21)29-4/h5-11,16H,12-15H2,1-4H3. The Balaban J connectivity index is 1.67. The van der Waals surface area contributed by atoms with Gasteiger partial charge in [-0.1, -0.05) is 32.0 Å². The summed E-state index contributed by atoms with van der Waals surface area (Å²) in [5, 5.41) is 0. The summed E-state index contributed by atoms with van der Waals surface area (Å²) in [7, 11) is 3.07. The van der Waals surface area contributed by atoms with E-state index >= 15 is 0 Å². The summed E-state index contributed by atoms with van der Waals surface area (Å²) in [5.41, 5.74) is 2.31. The van der Waals surface area contributed by atoms with Gasteiger partial charge in [-0.25, -0.2) is 0 Å². The van der Waals surface area contributed by atoms with Crippen molar-refractivity contribution in [3.63, 3.8) is 0 Å². The third-order valence-electron chi connectivity index (χ3n) is 5.32. The molecule has 2 aromatic rings. The number of rotatable bonds is 5. The summed E-state index contributed by atoms with van der Waals surface area (Å²) in [6.07, 6.45) is 0. The Morgan fingerprint density at radius 3 is 1.72 bits per heavy atom. The Labute approximate surface area is 172 Å². The molecule has 0 atom stereocenters. The van der Waals surface area contributed by atoms with Crippen molar-refractivity contribution in [3.8, 4) is 11.5 Å². The van der Waals surface area contributed by atoms with E-state index in [1.54, 1.807) is 28.0 Å². The Bertz CT molecular complexity index is 847. The van der Waals surface area contributed by atoms with E-state index in [0.717, 1.165) is 0 Å². The number of benzene rings is 2. The third-order valence-corrected chi connectivity index (χ3v) is 5.32. The van der Waals surface area contributed by atoms with Crippen LogP contribution in [0.2, 0.25) is 0 Å². The van der Waals surface area contributed by atoms with Crippen LogP contribution in [0.25, 0.3) is 0 Å². The van der Waals surface area contributed by atoms with E-state index in [2.05, 4.69) is 13.8 Å². The highest BCUT2D eigenvalue weighted by Gasteiger charge is 2.29. The zero-order valence-electron chi connectivity index (χ0n) is 17.5. The van der Waals surface area contributed by atoms with E-state index in [9.17, 15) is 9.59 Å². The zero-order chi connectivity index (χ0) is 21.0. The fourth-order valence-electron chi connectivity index (χ4n) is 3.53. The molecular formula is C23H28N2O4. The number of ether oxygens (including phenoxy) is 2. The lowest BCUT2D eigenvalue weighted by Crippen LogP contribution is -2.50. The van der Waals surface area contributed by atoms with Gasteiger partial charge in [0.25, 0.3) is 11.8 Å². The van der Waals surface area contributed by atoms with Gasteiger partial charge in [-0.15, -0.1) is 0 Å². The van der Waals surface area contributed by atoms with Crippen LogP contribution in [0, 0.1) is 0 Å². The number of methoxy groups -OCH3 is 2. The third kappa shape index (κ3) is 4.36. The van der Waals surface area contributed by atoms with Crippen LogP contribution in [0.5, 0.6) is 11.5 Å². The lowest BCUT2D eigenvalue weighted by molar-refractivity contribution is 0.0531. The summed E-state index contributed by atoms with van der Waals surface area (Å²) in [5.74, 6) is 1.26. The van der Waals surface area contributed by atoms with Crippen LogP contribution < -0.4 is 9.47 Å². The van der Waals surface area contributed by atoms with Gasteiger partial charge in [-0.05, 0) is 35.7 Å². The van der Waals surface area contributed by atoms with Crippen LogP contribution in [0.3, 0.4) is 0 Å². The van der Waals surface area contributed by atoms with E-state index in [1.807, 2.05) is 24.3 Å². The summed E-state index contributed by atoms with van der Waals surface area (Å²) in [6.45, 7) is 6.18. The summed E-state index contributed by atoms with van der Waals surface area (Å²) in [4.78, 5) is 29.4. The monoisotopic (exact) mass is 396 g/mol. The van der Waals surface area contributed by atoms with Crippen molar-refractivity contribution < 1.29 is 19.1 Å². The highest BCUT2D eigenvalue weighted by molar-refractivity contribution is 6.00. The van der Waals surface area contributed by atoms with Crippen LogP contribution in [0.4, 0.5) is 0 Å². The molecule has 29 heavy (non-hydrogen) atoms. The van der Waals surface area contributed by atoms with Gasteiger partial charge in [-0.3, -0.25) is 9.59 Å². The van der Waals surface area contributed by atoms with Crippen molar-refractivity contribution in [2.45, 2.75) is 19.8 Å². The number of nitrogens with zero attached hydrogens (tertiary/aromatic N) is 2. The molecule has 6 heteroatoms. The first-order valence-corrected chi connectivity index (χ1v) is 9.85. The minimum absolute atomic E-state index is 0.00211. The van der Waals surface area contributed by atoms with Crippen molar-refractivity contribution in [1.82, 2.24) is 9.80 Å². The SMILES string of the molecule is COc1cccc(OC)c1C(=O)N1CCN(C(=O)c2ccc(C(C)C)cc2)CC1. The van der Waals surface area contributed by atoms with E-state index in [0.29, 0.717) is 54.7 Å². The lowest BCUT2D eigenvalue weighted by Gasteiger charge is -2.35. The van der Waals surface area contributed by atoms with E-state index in [1.165, 1.54) is 19.8 Å². The second-order valence-corrected chi connectivity index (χ2v) is 7.40. The summed E-state index contributed by atoms with van der Waals surface area (Å²) in [6, 6.07) is 13.1. The molecule has 2 aromatic carbocycles. The second kappa shape index (κ2) is 8.99. The lowest BCUT2D eigenvalue weighted by atomic mass is 10.0. The molecule has 1 saturated heterocycles. The topological polar surface area (TPSA) is 59.1 Å². The molecule has 1 aliphatic rings. The Kier molecular flexibility index (Phi) is 6.42. The maximum Gasteiger partial charge on any atom is 0.261 e. The first kappa shape index (κ1) is 20.7. The van der Waals surface area contributed by atoms with Gasteiger partial charge in [0, 0.05) is 31.7 Å². The molecule has 1 heterocycles. The largest absolute Gasteiger partial charge is 0.496 e. The molecular weight excluding hydrogens is 368 g/mol. The molecule has 0 aliphatic carbocycles. The molecule has 0 saturated carbocycles. The highest BCUT2D eigenvalue weighted by Crippen LogP contribution is 2.30. The van der Waals surface area contributed by atoms with Gasteiger partial charge in [0.15, 0.2) is 0 Å². The van der Waals surface area contributed by atoms with Gasteiger partial charge >= 0.3 is 0 Å². The van der Waals surface area contributed by atoms with Crippen LogP contribution >= 0.6 is 0 Å². The fourth-order valence-corrected chi connectivity index (χ4v) is 3.53. The van der Waals surface area contributed by atoms with Gasteiger partial charge in [0.05, 0.1) is 14.2 Å². The highest BCUT2D eigenvalue weighted by atomic mass is 16.5. The van der Waals surface area contributed by atoms with E-state index < -0.39 is 0 Å². The van der Waals surface area contributed by atoms with Gasteiger partial charge in [0.1, 0.15) is 17.1 Å². The Hall–Kier alpha value is -3.02. The molecule has 0 spiro atoms. The van der Waals surface area contributed by atoms with Crippen LogP contribution in [0.1, 0.15) is 46.0 Å². The number of amides is 2. The molecule has 6 nitrogen and oxygen atoms in total. The van der Waals surface area contributed by atoms with Crippen molar-refractivity contribution in [2.24, 2.45) is 0 Å². The summed E-state index contributed by atoms with van der Waals surface area (Å²) >= 11 is 0. The number of hydrogen-bond acceptors (Lipinski definition) is 4. The minimum atomic E-state index is -0.146. The number of carbonyl (C=O) groups excluding carboxylic acids is 2. The molecule has 0 N–H and O–H groups in total. The van der Waals surface area contributed by atoms with Crippen molar-refractivity contribution >= 4 is 11.8 Å². The molecule has 0 unspecified atom stereocenters. The molecule has 0 aromatic heterocycles. The molecule has 2 amide bonds. The Morgan fingerprint density at radius 1 is 0.793 bits per heavy atom. The van der Waals surface area contributed by atoms with Crippen molar-refractivity contribution in [2.75, 3.05) is 40.4 Å². The normalized spacial score (nSPS) is 14.1. The summed E-state index contributed by atoms with van der Waals surface area (Å²) < 4.78 is 10.7. The van der Waals surface area contributed by atoms with Gasteiger partial charge < -0.3 is 19.3 Å². The number of piperazine rings is 1. The van der Waals surface area contributed by atoms with Gasteiger partial charge in [0.2, 0.25) is 0 Å². The van der Waals surface area contributed by atoms with Crippen molar-refractivity contribution in [3.05, 3.63) is 59.2 Å². The zero-order valence-corrected chi connectivity index (χ0v) is 17.5. The maximum absolute atomic E-state index is 13.1. The second-order valence-electron chi connectivity index (χ2n) is 7.40. The molecule has 0 radical (unpaired) electrons. The average Bonchev–Trinajstić information content (AvgIpc) is 2.77. The molecule has 0 bridgehead atoms. The Morgan fingerprint density at radius 2 is 1.28 bits per heavy atom. The van der Waals surface area contributed by atoms with Crippen LogP contribution in [0.15, 0.2) is 42.5 Å². The minimum Gasteiger partial charge on any atom is -0.496 e. The first-order valence-electron chi connectivity index (χ1n) is 9.85. The first-order chi connectivity index (χ1) is 14.0. The molecule has 3 rings (SSSR count). The maximum atomic E-state index is 13.1. The van der Waals surface area contributed by atoms with Crippen LogP contribution in [-0.2, 0) is 0 Å². The fraction of sp³-hybridized carbons (Fsp3) is 0.391. The average molecular weight is 396 g/mol. The smallest absolute Gasteiger partial charge is 0.261 e. The number of carbonyl (C=O) groups is 2. The van der Waals surface area contributed by atoms with E-state index in [4.69, 9.17) is 9.47 Å². The van der Waals surface area contributed by atoms with Crippen molar-refractivity contribution in [1.29, 1.82) is 0 Å². The molecule has 1 fully saturated rings. The van der Waals surface area contributed by atoms with Gasteiger partial charge in [-0.2, -0.15) is 0 Å².